The molecule has 1 aromatic carbocycles. The van der Waals surface area contributed by atoms with Crippen LogP contribution in [0.15, 0.2) is 18.2 Å². The number of benzene rings is 1. The second kappa shape index (κ2) is 6.39. The lowest BCUT2D eigenvalue weighted by Gasteiger charge is -2.30. The van der Waals surface area contributed by atoms with Crippen LogP contribution in [0.3, 0.4) is 0 Å². The number of hydrogen-bond donors (Lipinski definition) is 2. The van der Waals surface area contributed by atoms with Crippen LogP contribution >= 0.6 is 0 Å². The summed E-state index contributed by atoms with van der Waals surface area (Å²) in [6.07, 6.45) is 0.369. The number of hydrogen-bond acceptors (Lipinski definition) is 3. The van der Waals surface area contributed by atoms with Crippen molar-refractivity contribution in [3.63, 3.8) is 0 Å². The van der Waals surface area contributed by atoms with Crippen molar-refractivity contribution in [2.75, 3.05) is 5.32 Å². The number of nitrogens with one attached hydrogen (secondary N) is 1. The molecule has 0 bridgehead atoms. The maximum atomic E-state index is 14.2. The summed E-state index contributed by atoms with van der Waals surface area (Å²) < 4.78 is 47.5. The Bertz CT molecular complexity index is 584. The van der Waals surface area contributed by atoms with Gasteiger partial charge < -0.3 is 15.2 Å². The van der Waals surface area contributed by atoms with Gasteiger partial charge in [-0.2, -0.15) is 8.78 Å². The SMILES string of the molecule is CC(C)Oc1ccc(NC(=O)C(F)(F)C2(O)CCCC2)c(F)c1. The van der Waals surface area contributed by atoms with Crippen LogP contribution in [0.1, 0.15) is 39.5 Å². The third-order valence-electron chi connectivity index (χ3n) is 3.86. The fourth-order valence-corrected chi connectivity index (χ4v) is 2.63. The molecule has 1 amide bonds. The zero-order chi connectivity index (χ0) is 17.3. The van der Waals surface area contributed by atoms with Crippen LogP contribution < -0.4 is 10.1 Å². The molecule has 0 saturated heterocycles. The largest absolute Gasteiger partial charge is 0.491 e. The Balaban J connectivity index is 2.13. The summed E-state index contributed by atoms with van der Waals surface area (Å²) in [7, 11) is 0. The zero-order valence-electron chi connectivity index (χ0n) is 13.0. The molecule has 4 nitrogen and oxygen atoms in total. The number of alkyl halides is 2. The minimum absolute atomic E-state index is 0.156. The van der Waals surface area contributed by atoms with E-state index < -0.39 is 23.2 Å². The molecule has 0 unspecified atom stereocenters. The van der Waals surface area contributed by atoms with Gasteiger partial charge in [-0.15, -0.1) is 0 Å². The van der Waals surface area contributed by atoms with Crippen LogP contribution in [0.25, 0.3) is 0 Å². The van der Waals surface area contributed by atoms with Crippen LogP contribution in [0.4, 0.5) is 18.9 Å². The smallest absolute Gasteiger partial charge is 0.352 e. The molecular formula is C16H20F3NO3. The third-order valence-corrected chi connectivity index (χ3v) is 3.86. The average molecular weight is 331 g/mol. The molecule has 1 aliphatic carbocycles. The van der Waals surface area contributed by atoms with Gasteiger partial charge in [0, 0.05) is 6.07 Å². The van der Waals surface area contributed by atoms with Gasteiger partial charge in [0.15, 0.2) is 0 Å². The molecule has 1 aliphatic rings. The van der Waals surface area contributed by atoms with Gasteiger partial charge in [0.05, 0.1) is 11.8 Å². The predicted molar refractivity (Wildman–Crippen MR) is 79.2 cm³/mol. The Morgan fingerprint density at radius 3 is 2.48 bits per heavy atom. The van der Waals surface area contributed by atoms with Crippen molar-refractivity contribution in [2.24, 2.45) is 0 Å². The number of anilines is 1. The third kappa shape index (κ3) is 3.60. The standard InChI is InChI=1S/C16H20F3NO3/c1-10(2)23-11-5-6-13(12(17)9-11)20-14(21)16(18,19)15(22)7-3-4-8-15/h5-6,9-10,22H,3-4,7-8H2,1-2H3,(H,20,21). The van der Waals surface area contributed by atoms with Crippen LogP contribution in [-0.2, 0) is 4.79 Å². The van der Waals surface area contributed by atoms with Gasteiger partial charge in [0.1, 0.15) is 17.2 Å². The molecule has 2 N–H and O–H groups in total. The van der Waals surface area contributed by atoms with Crippen molar-refractivity contribution in [2.45, 2.75) is 57.2 Å². The molecular weight excluding hydrogens is 311 g/mol. The maximum absolute atomic E-state index is 14.2. The van der Waals surface area contributed by atoms with E-state index in [1.807, 2.05) is 5.32 Å². The lowest BCUT2D eigenvalue weighted by Crippen LogP contribution is -2.53. The molecule has 7 heteroatoms. The van der Waals surface area contributed by atoms with Crippen LogP contribution in [0.2, 0.25) is 0 Å². The first-order valence-corrected chi connectivity index (χ1v) is 7.53. The molecule has 0 atom stereocenters. The molecule has 1 aromatic rings. The molecule has 128 valence electrons. The average Bonchev–Trinajstić information content (AvgIpc) is 2.89. The minimum Gasteiger partial charge on any atom is -0.491 e. The molecule has 0 radical (unpaired) electrons. The van der Waals surface area contributed by atoms with Gasteiger partial charge in [0.25, 0.3) is 5.91 Å². The van der Waals surface area contributed by atoms with E-state index in [1.165, 1.54) is 6.07 Å². The van der Waals surface area contributed by atoms with Crippen molar-refractivity contribution in [3.8, 4) is 5.75 Å². The summed E-state index contributed by atoms with van der Waals surface area (Å²) in [6.45, 7) is 3.52. The Labute approximate surface area is 132 Å². The van der Waals surface area contributed by atoms with E-state index in [9.17, 15) is 23.1 Å². The highest BCUT2D eigenvalue weighted by Gasteiger charge is 2.59. The fourth-order valence-electron chi connectivity index (χ4n) is 2.63. The van der Waals surface area contributed by atoms with Crippen molar-refractivity contribution >= 4 is 11.6 Å². The second-order valence-corrected chi connectivity index (χ2v) is 6.08. The quantitative estimate of drug-likeness (QED) is 0.868. The highest BCUT2D eigenvalue weighted by Crippen LogP contribution is 2.42. The summed E-state index contributed by atoms with van der Waals surface area (Å²) in [4.78, 5) is 11.8. The molecule has 0 aromatic heterocycles. The van der Waals surface area contributed by atoms with E-state index in [2.05, 4.69) is 0 Å². The van der Waals surface area contributed by atoms with Crippen molar-refractivity contribution in [3.05, 3.63) is 24.0 Å². The first kappa shape index (κ1) is 17.6. The number of amides is 1. The molecule has 2 rings (SSSR count). The predicted octanol–water partition coefficient (Wildman–Crippen LogP) is 3.49. The fraction of sp³-hybridized carbons (Fsp3) is 0.562. The number of aliphatic hydroxyl groups is 1. The highest BCUT2D eigenvalue weighted by atomic mass is 19.3. The number of ether oxygens (including phenoxy) is 1. The van der Waals surface area contributed by atoms with Crippen LogP contribution in [0.5, 0.6) is 5.75 Å². The normalized spacial score (nSPS) is 17.3. The van der Waals surface area contributed by atoms with Gasteiger partial charge in [-0.05, 0) is 38.8 Å². The Morgan fingerprint density at radius 1 is 1.35 bits per heavy atom. The number of rotatable bonds is 5. The zero-order valence-corrected chi connectivity index (χ0v) is 13.0. The summed E-state index contributed by atoms with van der Waals surface area (Å²) in [6, 6.07) is 3.54. The summed E-state index contributed by atoms with van der Waals surface area (Å²) in [5.74, 6) is -6.34. The maximum Gasteiger partial charge on any atom is 0.352 e. The highest BCUT2D eigenvalue weighted by molar-refractivity contribution is 5.97. The van der Waals surface area contributed by atoms with E-state index in [0.29, 0.717) is 12.8 Å². The van der Waals surface area contributed by atoms with Crippen LogP contribution in [-0.4, -0.2) is 28.6 Å². The topological polar surface area (TPSA) is 58.6 Å². The number of carbonyl (C=O) groups excluding carboxylic acids is 1. The Morgan fingerprint density at radius 2 is 1.96 bits per heavy atom. The summed E-state index contributed by atoms with van der Waals surface area (Å²) in [5, 5.41) is 11.8. The van der Waals surface area contributed by atoms with E-state index >= 15 is 0 Å². The molecule has 1 fully saturated rings. The lowest BCUT2D eigenvalue weighted by atomic mass is 9.93. The number of halogens is 3. The Kier molecular flexibility index (Phi) is 4.89. The minimum atomic E-state index is -3.98. The molecule has 0 aliphatic heterocycles. The first-order valence-electron chi connectivity index (χ1n) is 7.53. The van der Waals surface area contributed by atoms with Gasteiger partial charge in [0.2, 0.25) is 0 Å². The van der Waals surface area contributed by atoms with E-state index in [1.54, 1.807) is 13.8 Å². The van der Waals surface area contributed by atoms with E-state index in [0.717, 1.165) is 12.1 Å². The van der Waals surface area contributed by atoms with Gasteiger partial charge >= 0.3 is 5.92 Å². The summed E-state index contributed by atoms with van der Waals surface area (Å²) >= 11 is 0. The van der Waals surface area contributed by atoms with Crippen molar-refractivity contribution in [1.29, 1.82) is 0 Å². The van der Waals surface area contributed by atoms with Gasteiger partial charge in [-0.3, -0.25) is 4.79 Å². The second-order valence-electron chi connectivity index (χ2n) is 6.08. The Hall–Kier alpha value is -1.76. The van der Waals surface area contributed by atoms with Gasteiger partial charge in [-0.1, -0.05) is 12.8 Å². The van der Waals surface area contributed by atoms with Crippen LogP contribution in [0, 0.1) is 5.82 Å². The lowest BCUT2D eigenvalue weighted by molar-refractivity contribution is -0.185. The molecule has 23 heavy (non-hydrogen) atoms. The first-order chi connectivity index (χ1) is 10.7. The van der Waals surface area contributed by atoms with Gasteiger partial charge in [-0.25, -0.2) is 4.39 Å². The van der Waals surface area contributed by atoms with E-state index in [4.69, 9.17) is 4.74 Å². The van der Waals surface area contributed by atoms with Crippen molar-refractivity contribution < 1.29 is 27.8 Å². The number of carbonyl (C=O) groups is 1. The molecule has 0 heterocycles. The van der Waals surface area contributed by atoms with E-state index in [-0.39, 0.29) is 30.4 Å². The monoisotopic (exact) mass is 331 g/mol. The summed E-state index contributed by atoms with van der Waals surface area (Å²) in [5.41, 5.74) is -2.75. The molecule has 0 spiro atoms. The van der Waals surface area contributed by atoms with Crippen molar-refractivity contribution in [1.82, 2.24) is 0 Å². The molecule has 1 saturated carbocycles.